The molecular formula is C23H18N2. The molecule has 0 radical (unpaired) electrons. The highest BCUT2D eigenvalue weighted by Gasteiger charge is 2.26. The van der Waals surface area contributed by atoms with Gasteiger partial charge in [-0.05, 0) is 49.2 Å². The average molecular weight is 322 g/mol. The fraction of sp³-hybridized carbons (Fsp3) is 0.0870. The fourth-order valence-corrected chi connectivity index (χ4v) is 3.67. The zero-order valence-corrected chi connectivity index (χ0v) is 14.3. The van der Waals surface area contributed by atoms with E-state index in [1.165, 1.54) is 39.0 Å². The third-order valence-corrected chi connectivity index (χ3v) is 4.95. The van der Waals surface area contributed by atoms with Crippen LogP contribution in [0.1, 0.15) is 22.4 Å². The Morgan fingerprint density at radius 2 is 1.60 bits per heavy atom. The first-order chi connectivity index (χ1) is 12.2. The van der Waals surface area contributed by atoms with Gasteiger partial charge in [0.25, 0.3) is 0 Å². The number of benzene rings is 3. The van der Waals surface area contributed by atoms with Gasteiger partial charge >= 0.3 is 0 Å². The van der Waals surface area contributed by atoms with Crippen molar-refractivity contribution in [3.63, 3.8) is 0 Å². The van der Waals surface area contributed by atoms with Crippen LogP contribution < -0.4 is 0 Å². The van der Waals surface area contributed by atoms with Gasteiger partial charge in [0.15, 0.2) is 0 Å². The maximum atomic E-state index is 5.09. The topological polar surface area (TPSA) is 17.3 Å². The molecule has 0 N–H and O–H groups in total. The Balaban J connectivity index is 1.84. The van der Waals surface area contributed by atoms with Gasteiger partial charge in [0.05, 0.1) is 28.3 Å². The molecule has 2 heteroatoms. The standard InChI is InChI=1S/C23H18N2/c1-15-11-12-16(2)19(13-15)24-23-18-8-4-6-10-21(18)25-20-9-5-3-7-17(20)14-22(23)25/h3-14H,1-2H3. The predicted molar refractivity (Wildman–Crippen MR) is 104 cm³/mol. The molecule has 0 fully saturated rings. The van der Waals surface area contributed by atoms with E-state index in [0.717, 1.165) is 11.4 Å². The van der Waals surface area contributed by atoms with Gasteiger partial charge in [-0.15, -0.1) is 0 Å². The molecule has 0 bridgehead atoms. The molecule has 5 rings (SSSR count). The number of hydrogen-bond donors (Lipinski definition) is 0. The lowest BCUT2D eigenvalue weighted by Crippen LogP contribution is -1.98. The maximum absolute atomic E-state index is 5.09. The number of aromatic nitrogens is 1. The first kappa shape index (κ1) is 14.2. The highest BCUT2D eigenvalue weighted by atomic mass is 15.0. The normalized spacial score (nSPS) is 14.1. The van der Waals surface area contributed by atoms with Crippen LogP contribution in [0.3, 0.4) is 0 Å². The zero-order chi connectivity index (χ0) is 17.0. The summed E-state index contributed by atoms with van der Waals surface area (Å²) in [5, 5.41) is 1.25. The molecule has 2 heterocycles. The largest absolute Gasteiger partial charge is 0.307 e. The lowest BCUT2D eigenvalue weighted by atomic mass is 10.1. The van der Waals surface area contributed by atoms with Crippen LogP contribution in [0.2, 0.25) is 0 Å². The number of hydrogen-bond acceptors (Lipinski definition) is 1. The summed E-state index contributed by atoms with van der Waals surface area (Å²) in [6, 6.07) is 25.8. The molecule has 0 spiro atoms. The molecule has 1 aromatic heterocycles. The van der Waals surface area contributed by atoms with E-state index in [4.69, 9.17) is 4.99 Å². The smallest absolute Gasteiger partial charge is 0.0971 e. The van der Waals surface area contributed by atoms with E-state index in [1.807, 2.05) is 0 Å². The van der Waals surface area contributed by atoms with Crippen LogP contribution in [0.25, 0.3) is 16.6 Å². The third kappa shape index (κ3) is 2.07. The van der Waals surface area contributed by atoms with Crippen molar-refractivity contribution in [1.82, 2.24) is 4.57 Å². The van der Waals surface area contributed by atoms with E-state index in [1.54, 1.807) is 0 Å². The number of fused-ring (bicyclic) bond motifs is 5. The van der Waals surface area contributed by atoms with E-state index in [2.05, 4.69) is 91.2 Å². The van der Waals surface area contributed by atoms with Crippen molar-refractivity contribution in [2.24, 2.45) is 4.99 Å². The van der Waals surface area contributed by atoms with Gasteiger partial charge in [0, 0.05) is 10.9 Å². The molecule has 0 saturated heterocycles. The molecule has 3 aromatic carbocycles. The average Bonchev–Trinajstić information content (AvgIpc) is 3.14. The zero-order valence-electron chi connectivity index (χ0n) is 14.3. The van der Waals surface area contributed by atoms with Gasteiger partial charge in [0.2, 0.25) is 0 Å². The summed E-state index contributed by atoms with van der Waals surface area (Å²) in [6.07, 6.45) is 0. The Hall–Kier alpha value is -3.13. The van der Waals surface area contributed by atoms with Crippen molar-refractivity contribution < 1.29 is 0 Å². The van der Waals surface area contributed by atoms with Crippen molar-refractivity contribution in [2.75, 3.05) is 0 Å². The highest BCUT2D eigenvalue weighted by molar-refractivity contribution is 6.20. The monoisotopic (exact) mass is 322 g/mol. The molecule has 2 nitrogen and oxygen atoms in total. The summed E-state index contributed by atoms with van der Waals surface area (Å²) >= 11 is 0. The van der Waals surface area contributed by atoms with Crippen LogP contribution in [0, 0.1) is 13.8 Å². The third-order valence-electron chi connectivity index (χ3n) is 4.95. The van der Waals surface area contributed by atoms with E-state index in [9.17, 15) is 0 Å². The molecule has 0 saturated carbocycles. The highest BCUT2D eigenvalue weighted by Crippen LogP contribution is 2.36. The quantitative estimate of drug-likeness (QED) is 0.375. The number of para-hydroxylation sites is 2. The molecule has 0 atom stereocenters. The van der Waals surface area contributed by atoms with Crippen molar-refractivity contribution in [3.05, 3.63) is 95.2 Å². The number of aliphatic imine (C=N–C) groups is 1. The van der Waals surface area contributed by atoms with Crippen LogP contribution in [-0.4, -0.2) is 10.3 Å². The van der Waals surface area contributed by atoms with Crippen LogP contribution in [0.4, 0.5) is 5.69 Å². The van der Waals surface area contributed by atoms with Gasteiger partial charge in [-0.25, -0.2) is 4.99 Å². The van der Waals surface area contributed by atoms with Crippen LogP contribution >= 0.6 is 0 Å². The predicted octanol–water partition coefficient (Wildman–Crippen LogP) is 5.73. The Morgan fingerprint density at radius 3 is 2.52 bits per heavy atom. The summed E-state index contributed by atoms with van der Waals surface area (Å²) in [4.78, 5) is 5.09. The van der Waals surface area contributed by atoms with Crippen LogP contribution in [-0.2, 0) is 0 Å². The summed E-state index contributed by atoms with van der Waals surface area (Å²) in [7, 11) is 0. The van der Waals surface area contributed by atoms with Crippen molar-refractivity contribution >= 4 is 22.3 Å². The van der Waals surface area contributed by atoms with Gasteiger partial charge in [0.1, 0.15) is 0 Å². The second-order valence-corrected chi connectivity index (χ2v) is 6.69. The van der Waals surface area contributed by atoms with Crippen molar-refractivity contribution in [3.8, 4) is 5.69 Å². The van der Waals surface area contributed by atoms with Gasteiger partial charge in [-0.2, -0.15) is 0 Å². The number of aryl methyl sites for hydroxylation is 2. The Labute approximate surface area is 147 Å². The molecule has 0 amide bonds. The molecule has 120 valence electrons. The Kier molecular flexibility index (Phi) is 2.95. The first-order valence-electron chi connectivity index (χ1n) is 8.59. The SMILES string of the molecule is Cc1ccc(C)c(N=C2c3ccccc3-n3c2cc2ccccc23)c1. The van der Waals surface area contributed by atoms with E-state index in [-0.39, 0.29) is 0 Å². The van der Waals surface area contributed by atoms with Crippen molar-refractivity contribution in [2.45, 2.75) is 13.8 Å². The van der Waals surface area contributed by atoms with E-state index >= 15 is 0 Å². The lowest BCUT2D eigenvalue weighted by molar-refractivity contribution is 1.14. The molecule has 0 unspecified atom stereocenters. The van der Waals surface area contributed by atoms with E-state index in [0.29, 0.717) is 0 Å². The summed E-state index contributed by atoms with van der Waals surface area (Å²) in [6.45, 7) is 4.23. The van der Waals surface area contributed by atoms with Crippen LogP contribution in [0.15, 0.2) is 77.8 Å². The van der Waals surface area contributed by atoms with Gasteiger partial charge in [-0.3, -0.25) is 0 Å². The Morgan fingerprint density at radius 1 is 0.800 bits per heavy atom. The van der Waals surface area contributed by atoms with Crippen molar-refractivity contribution in [1.29, 1.82) is 0 Å². The minimum Gasteiger partial charge on any atom is -0.307 e. The number of rotatable bonds is 1. The second-order valence-electron chi connectivity index (χ2n) is 6.69. The van der Waals surface area contributed by atoms with Gasteiger partial charge < -0.3 is 4.57 Å². The lowest BCUT2D eigenvalue weighted by Gasteiger charge is -2.05. The molecule has 1 aliphatic rings. The minimum absolute atomic E-state index is 1.04. The molecule has 25 heavy (non-hydrogen) atoms. The maximum Gasteiger partial charge on any atom is 0.0971 e. The minimum atomic E-state index is 1.04. The second kappa shape index (κ2) is 5.18. The summed E-state index contributed by atoms with van der Waals surface area (Å²) in [5.41, 5.74) is 9.34. The molecular weight excluding hydrogens is 304 g/mol. The first-order valence-corrected chi connectivity index (χ1v) is 8.59. The van der Waals surface area contributed by atoms with Gasteiger partial charge in [-0.1, -0.05) is 48.5 Å². The summed E-state index contributed by atoms with van der Waals surface area (Å²) in [5.74, 6) is 0. The summed E-state index contributed by atoms with van der Waals surface area (Å²) < 4.78 is 2.33. The molecule has 1 aliphatic heterocycles. The fourth-order valence-electron chi connectivity index (χ4n) is 3.67. The number of nitrogens with zero attached hydrogens (tertiary/aromatic N) is 2. The molecule has 0 aliphatic carbocycles. The van der Waals surface area contributed by atoms with Crippen LogP contribution in [0.5, 0.6) is 0 Å². The van der Waals surface area contributed by atoms with E-state index < -0.39 is 0 Å². The Bertz CT molecular complexity index is 1160. The molecule has 4 aromatic rings.